The molecule has 0 aliphatic heterocycles. The van der Waals surface area contributed by atoms with Gasteiger partial charge in [0, 0.05) is 17.5 Å². The third-order valence-corrected chi connectivity index (χ3v) is 5.96. The third-order valence-electron chi connectivity index (χ3n) is 4.92. The van der Waals surface area contributed by atoms with E-state index in [1.807, 2.05) is 36.0 Å². The molecule has 0 saturated heterocycles. The van der Waals surface area contributed by atoms with Crippen molar-refractivity contribution in [3.05, 3.63) is 71.5 Å². The van der Waals surface area contributed by atoms with Gasteiger partial charge in [0.05, 0.1) is 41.1 Å². The Bertz CT molecular complexity index is 951. The Morgan fingerprint density at radius 1 is 0.846 bits per heavy atom. The van der Waals surface area contributed by atoms with Gasteiger partial charge in [-0.05, 0) is 43.5 Å². The van der Waals surface area contributed by atoms with E-state index in [9.17, 15) is 0 Å². The highest BCUT2D eigenvalue weighted by atomic mass is 35.5. The molecule has 3 nitrogen and oxygen atoms in total. The Morgan fingerprint density at radius 2 is 1.50 bits per heavy atom. The molecule has 132 valence electrons. The standard InChI is InChI=1S/C21H18NO2S.ClH/c1-2-7-20-19(6-1)22(14-25-20)21-17(15-8-10-23-12-15)4-3-5-18(21)16-9-11-24-13-16;/h3-5,8-14H,1-2,6-7H2;1H/q+1;/p-1. The summed E-state index contributed by atoms with van der Waals surface area (Å²) in [7, 11) is 0. The van der Waals surface area contributed by atoms with Gasteiger partial charge in [-0.15, -0.1) is 0 Å². The van der Waals surface area contributed by atoms with Crippen molar-refractivity contribution >= 4 is 11.3 Å². The van der Waals surface area contributed by atoms with Crippen LogP contribution in [-0.4, -0.2) is 0 Å². The number of rotatable bonds is 3. The van der Waals surface area contributed by atoms with E-state index in [1.165, 1.54) is 46.6 Å². The van der Waals surface area contributed by atoms with E-state index in [0.29, 0.717) is 0 Å². The first kappa shape index (κ1) is 17.1. The number of benzene rings is 1. The quantitative estimate of drug-likeness (QED) is 0.509. The van der Waals surface area contributed by atoms with Crippen LogP contribution in [0.15, 0.2) is 69.7 Å². The lowest BCUT2D eigenvalue weighted by Crippen LogP contribution is -3.00. The van der Waals surface area contributed by atoms with Gasteiger partial charge in [0.15, 0.2) is 0 Å². The van der Waals surface area contributed by atoms with E-state index in [-0.39, 0.29) is 12.4 Å². The molecule has 0 N–H and O–H groups in total. The van der Waals surface area contributed by atoms with Gasteiger partial charge in [-0.3, -0.25) is 0 Å². The SMILES string of the molecule is [Cl-].c1cc(-c2ccoc2)c(-[n+]2csc3c2CCCC3)c(-c2ccoc2)c1. The number of nitrogens with zero attached hydrogens (tertiary/aromatic N) is 1. The first-order valence-corrected chi connectivity index (χ1v) is 9.49. The molecule has 3 heterocycles. The molecule has 1 aromatic carbocycles. The molecule has 0 amide bonds. The van der Waals surface area contributed by atoms with Gasteiger partial charge < -0.3 is 21.2 Å². The van der Waals surface area contributed by atoms with E-state index < -0.39 is 0 Å². The summed E-state index contributed by atoms with van der Waals surface area (Å²) in [5, 5.41) is 0. The maximum atomic E-state index is 5.36. The number of fused-ring (bicyclic) bond motifs is 1. The summed E-state index contributed by atoms with van der Waals surface area (Å²) in [6.07, 6.45) is 12.0. The number of halogens is 1. The molecule has 0 bridgehead atoms. The van der Waals surface area contributed by atoms with Crippen molar-refractivity contribution in [2.24, 2.45) is 0 Å². The summed E-state index contributed by atoms with van der Waals surface area (Å²) < 4.78 is 13.1. The van der Waals surface area contributed by atoms with Crippen molar-refractivity contribution in [1.82, 2.24) is 0 Å². The molecule has 0 fully saturated rings. The van der Waals surface area contributed by atoms with Gasteiger partial charge in [-0.25, -0.2) is 0 Å². The summed E-state index contributed by atoms with van der Waals surface area (Å²) in [5.74, 6) is 0. The molecule has 0 atom stereocenters. The molecule has 26 heavy (non-hydrogen) atoms. The average molecular weight is 384 g/mol. The Labute approximate surface area is 162 Å². The maximum Gasteiger partial charge on any atom is 0.231 e. The highest BCUT2D eigenvalue weighted by Crippen LogP contribution is 2.35. The summed E-state index contributed by atoms with van der Waals surface area (Å²) in [4.78, 5) is 1.52. The number of para-hydroxylation sites is 1. The van der Waals surface area contributed by atoms with Crippen LogP contribution in [0.3, 0.4) is 0 Å². The number of hydrogen-bond donors (Lipinski definition) is 0. The van der Waals surface area contributed by atoms with Gasteiger partial charge in [-0.2, -0.15) is 4.57 Å². The Hall–Kier alpha value is -2.30. The first-order chi connectivity index (χ1) is 12.4. The van der Waals surface area contributed by atoms with E-state index in [2.05, 4.69) is 28.3 Å². The smallest absolute Gasteiger partial charge is 0.231 e. The first-order valence-electron chi connectivity index (χ1n) is 8.61. The van der Waals surface area contributed by atoms with Crippen molar-refractivity contribution in [2.45, 2.75) is 25.7 Å². The lowest BCUT2D eigenvalue weighted by Gasteiger charge is -2.11. The minimum Gasteiger partial charge on any atom is -1.00 e. The molecular formula is C21H18ClNO2S. The largest absolute Gasteiger partial charge is 1.00 e. The van der Waals surface area contributed by atoms with Crippen LogP contribution >= 0.6 is 11.3 Å². The molecule has 0 unspecified atom stereocenters. The van der Waals surface area contributed by atoms with Crippen LogP contribution in [0.4, 0.5) is 0 Å². The summed E-state index contributed by atoms with van der Waals surface area (Å²) in [6, 6.07) is 10.5. The van der Waals surface area contributed by atoms with Crippen LogP contribution < -0.4 is 17.0 Å². The monoisotopic (exact) mass is 383 g/mol. The van der Waals surface area contributed by atoms with E-state index >= 15 is 0 Å². The normalized spacial score (nSPS) is 13.2. The average Bonchev–Trinajstić information content (AvgIpc) is 3.42. The van der Waals surface area contributed by atoms with Crippen molar-refractivity contribution in [3.8, 4) is 27.9 Å². The molecule has 0 radical (unpaired) electrons. The van der Waals surface area contributed by atoms with E-state index in [1.54, 1.807) is 12.5 Å². The topological polar surface area (TPSA) is 30.2 Å². The Kier molecular flexibility index (Phi) is 4.70. The second-order valence-electron chi connectivity index (χ2n) is 6.40. The Morgan fingerprint density at radius 3 is 2.12 bits per heavy atom. The molecule has 5 heteroatoms. The fraction of sp³-hybridized carbons (Fsp3) is 0.190. The second kappa shape index (κ2) is 7.14. The number of aryl methyl sites for hydroxylation is 1. The van der Waals surface area contributed by atoms with Gasteiger partial charge in [0.1, 0.15) is 0 Å². The molecular weight excluding hydrogens is 366 g/mol. The number of thiazole rings is 1. The minimum atomic E-state index is 0. The van der Waals surface area contributed by atoms with Crippen LogP contribution in [0.25, 0.3) is 27.9 Å². The zero-order chi connectivity index (χ0) is 16.6. The van der Waals surface area contributed by atoms with Gasteiger partial charge in [0.25, 0.3) is 0 Å². The lowest BCUT2D eigenvalue weighted by molar-refractivity contribution is -0.598. The molecule has 4 aromatic rings. The molecule has 3 aromatic heterocycles. The maximum absolute atomic E-state index is 5.36. The van der Waals surface area contributed by atoms with Crippen LogP contribution in [0.5, 0.6) is 0 Å². The molecule has 1 aliphatic rings. The van der Waals surface area contributed by atoms with Crippen LogP contribution in [0, 0.1) is 0 Å². The molecule has 0 spiro atoms. The van der Waals surface area contributed by atoms with Gasteiger partial charge in [0.2, 0.25) is 16.9 Å². The summed E-state index contributed by atoms with van der Waals surface area (Å²) >= 11 is 1.87. The molecule has 1 aliphatic carbocycles. The van der Waals surface area contributed by atoms with E-state index in [4.69, 9.17) is 8.83 Å². The van der Waals surface area contributed by atoms with Crippen molar-refractivity contribution < 1.29 is 25.8 Å². The molecule has 5 rings (SSSR count). The van der Waals surface area contributed by atoms with E-state index in [0.717, 1.165) is 17.5 Å². The summed E-state index contributed by atoms with van der Waals surface area (Å²) in [5.41, 5.74) is 9.50. The Balaban J connectivity index is 0.00000168. The third kappa shape index (κ3) is 2.79. The van der Waals surface area contributed by atoms with Crippen molar-refractivity contribution in [1.29, 1.82) is 0 Å². The second-order valence-corrected chi connectivity index (χ2v) is 7.34. The van der Waals surface area contributed by atoms with Crippen molar-refractivity contribution in [3.63, 3.8) is 0 Å². The number of furan rings is 2. The highest BCUT2D eigenvalue weighted by molar-refractivity contribution is 7.09. The number of aromatic nitrogens is 1. The van der Waals surface area contributed by atoms with Crippen molar-refractivity contribution in [2.75, 3.05) is 0 Å². The van der Waals surface area contributed by atoms with Gasteiger partial charge in [-0.1, -0.05) is 17.4 Å². The highest BCUT2D eigenvalue weighted by Gasteiger charge is 2.29. The minimum absolute atomic E-state index is 0. The number of hydrogen-bond acceptors (Lipinski definition) is 3. The van der Waals surface area contributed by atoms with Crippen LogP contribution in [0.1, 0.15) is 23.4 Å². The zero-order valence-corrected chi connectivity index (χ0v) is 15.7. The predicted molar refractivity (Wildman–Crippen MR) is 97.9 cm³/mol. The zero-order valence-electron chi connectivity index (χ0n) is 14.2. The predicted octanol–water partition coefficient (Wildman–Crippen LogP) is 2.43. The summed E-state index contributed by atoms with van der Waals surface area (Å²) in [6.45, 7) is 0. The van der Waals surface area contributed by atoms with Crippen LogP contribution in [-0.2, 0) is 12.8 Å². The van der Waals surface area contributed by atoms with Crippen LogP contribution in [0.2, 0.25) is 0 Å². The fourth-order valence-electron chi connectivity index (χ4n) is 3.72. The molecule has 0 saturated carbocycles. The lowest BCUT2D eigenvalue weighted by atomic mass is 9.97. The van der Waals surface area contributed by atoms with Gasteiger partial charge >= 0.3 is 0 Å². The fourth-order valence-corrected chi connectivity index (χ4v) is 4.78.